The maximum Gasteiger partial charge on any atom is 0.160 e. The van der Waals surface area contributed by atoms with Crippen LogP contribution >= 0.6 is 0 Å². The van der Waals surface area contributed by atoms with Gasteiger partial charge in [-0.2, -0.15) is 0 Å². The molecule has 0 N–H and O–H groups in total. The number of pyridine rings is 4. The molecule has 0 radical (unpaired) electrons. The lowest BCUT2D eigenvalue weighted by molar-refractivity contribution is 1.09. The summed E-state index contributed by atoms with van der Waals surface area (Å²) in [6, 6.07) is 130. The van der Waals surface area contributed by atoms with E-state index < -0.39 is 0 Å². The van der Waals surface area contributed by atoms with Gasteiger partial charge in [0.2, 0.25) is 0 Å². The fourth-order valence-corrected chi connectivity index (χ4v) is 18.3. The van der Waals surface area contributed by atoms with E-state index in [-0.39, 0.29) is 0 Å². The Bertz CT molecular complexity index is 7990. The third-order valence-electron chi connectivity index (χ3n) is 23.8. The van der Waals surface area contributed by atoms with Crippen LogP contribution in [0.5, 0.6) is 0 Å². The van der Waals surface area contributed by atoms with Gasteiger partial charge in [-0.25, -0.2) is 29.9 Å². The third kappa shape index (κ3) is 11.3. The zero-order valence-electron chi connectivity index (χ0n) is 64.5. The molecule has 558 valence electrons. The Balaban J connectivity index is 0.605. The molecule has 24 aromatic rings. The summed E-state index contributed by atoms with van der Waals surface area (Å²) >= 11 is 0. The minimum absolute atomic E-state index is 0.624. The van der Waals surface area contributed by atoms with Crippen LogP contribution in [0, 0.1) is 0 Å². The summed E-state index contributed by atoms with van der Waals surface area (Å²) in [4.78, 5) is 41.4. The summed E-state index contributed by atoms with van der Waals surface area (Å²) in [6.45, 7) is 0. The Hall–Kier alpha value is -16.4. The van der Waals surface area contributed by atoms with Crippen molar-refractivity contribution in [3.8, 4) is 124 Å². The predicted molar refractivity (Wildman–Crippen MR) is 490 cm³/mol. The Morgan fingerprint density at radius 3 is 1.07 bits per heavy atom. The number of benzene rings is 14. The second-order valence-electron chi connectivity index (χ2n) is 30.7. The molecule has 0 amide bonds. The molecule has 0 saturated heterocycles. The summed E-state index contributed by atoms with van der Waals surface area (Å²) in [7, 11) is 0. The molecule has 10 heterocycles. The summed E-state index contributed by atoms with van der Waals surface area (Å²) in [5.74, 6) is 1.26. The molecule has 0 aliphatic heterocycles. The number of hydrogen-bond donors (Lipinski definition) is 0. The number of fused-ring (bicyclic) bond motifs is 14. The average Bonchev–Trinajstić information content (AvgIpc) is 1.59. The molecule has 120 heavy (non-hydrogen) atoms. The van der Waals surface area contributed by atoms with Gasteiger partial charge in [0.05, 0.1) is 79.6 Å². The highest BCUT2D eigenvalue weighted by molar-refractivity contribution is 6.13. The van der Waals surface area contributed by atoms with E-state index in [9.17, 15) is 0 Å². The SMILES string of the molecule is c1ccc(-c2nc(-c3ccc(-c4cccc5ccccc45)cc3)cc(-c3cc(-n4c5ccccc5c5ccncc54)cc(-n4c5ccc(-c6ccc7c(-c8ccc(-c9cc(-c%10cc(-n%11c%12ccccc%12c%12cccnc%12%11)cc(-n%11c%12ccccc%12c%12cccnc%12%11)c%10)nc(-c%10ccccc%10)n9)cc8)cccc7c6)cc5c5ccncc54)c3)n2)cc1. The fraction of sp³-hybridized carbons (Fsp3) is 0. The average molecular weight is 1530 g/mol. The second kappa shape index (κ2) is 27.7. The van der Waals surface area contributed by atoms with Gasteiger partial charge in [-0.3, -0.25) is 19.1 Å². The van der Waals surface area contributed by atoms with Crippen molar-refractivity contribution >= 4 is 109 Å². The van der Waals surface area contributed by atoms with Gasteiger partial charge in [0.1, 0.15) is 11.3 Å². The van der Waals surface area contributed by atoms with Crippen LogP contribution in [-0.4, -0.2) is 58.1 Å². The van der Waals surface area contributed by atoms with Crippen molar-refractivity contribution in [1.29, 1.82) is 0 Å². The van der Waals surface area contributed by atoms with Crippen molar-refractivity contribution in [1.82, 2.24) is 58.1 Å². The van der Waals surface area contributed by atoms with E-state index in [1.165, 1.54) is 16.3 Å². The third-order valence-corrected chi connectivity index (χ3v) is 23.8. The van der Waals surface area contributed by atoms with E-state index in [1.807, 2.05) is 85.7 Å². The number of nitrogens with zero attached hydrogens (tertiary/aromatic N) is 12. The first-order valence-corrected chi connectivity index (χ1v) is 40.3. The molecule has 0 spiro atoms. The summed E-state index contributed by atoms with van der Waals surface area (Å²) in [5.41, 5.74) is 27.3. The maximum atomic E-state index is 5.50. The molecule has 0 unspecified atom stereocenters. The van der Waals surface area contributed by atoms with Crippen LogP contribution < -0.4 is 0 Å². The summed E-state index contributed by atoms with van der Waals surface area (Å²) < 4.78 is 9.26. The van der Waals surface area contributed by atoms with E-state index in [0.29, 0.717) is 11.6 Å². The van der Waals surface area contributed by atoms with Gasteiger partial charge in [-0.15, -0.1) is 0 Å². The number of hydrogen-bond acceptors (Lipinski definition) is 8. The molecule has 0 atom stereocenters. The highest BCUT2D eigenvalue weighted by Gasteiger charge is 2.25. The molecule has 0 saturated carbocycles. The van der Waals surface area contributed by atoms with E-state index in [0.717, 1.165) is 205 Å². The largest absolute Gasteiger partial charge is 0.308 e. The van der Waals surface area contributed by atoms with E-state index in [2.05, 4.69) is 334 Å². The molecule has 12 heteroatoms. The summed E-state index contributed by atoms with van der Waals surface area (Å²) in [6.07, 6.45) is 11.5. The van der Waals surface area contributed by atoms with Crippen molar-refractivity contribution in [2.45, 2.75) is 0 Å². The normalized spacial score (nSPS) is 11.8. The zero-order valence-corrected chi connectivity index (χ0v) is 64.5. The van der Waals surface area contributed by atoms with E-state index in [4.69, 9.17) is 39.9 Å². The van der Waals surface area contributed by atoms with E-state index in [1.54, 1.807) is 0 Å². The molecule has 0 bridgehead atoms. The molecular formula is C108H66N12. The topological polar surface area (TPSA) is 123 Å². The first kappa shape index (κ1) is 68.0. The van der Waals surface area contributed by atoms with Crippen molar-refractivity contribution < 1.29 is 0 Å². The maximum absolute atomic E-state index is 5.50. The van der Waals surface area contributed by atoms with Crippen molar-refractivity contribution in [3.05, 3.63) is 401 Å². The van der Waals surface area contributed by atoms with Gasteiger partial charge in [-0.1, -0.05) is 243 Å². The molecule has 14 aromatic carbocycles. The fourth-order valence-electron chi connectivity index (χ4n) is 18.3. The lowest BCUT2D eigenvalue weighted by Gasteiger charge is -2.16. The summed E-state index contributed by atoms with van der Waals surface area (Å²) in [5, 5.41) is 13.6. The highest BCUT2D eigenvalue weighted by atomic mass is 15.1. The second-order valence-corrected chi connectivity index (χ2v) is 30.7. The molecule has 10 aromatic heterocycles. The van der Waals surface area contributed by atoms with Crippen LogP contribution in [0.2, 0.25) is 0 Å². The lowest BCUT2D eigenvalue weighted by Crippen LogP contribution is -2.02. The lowest BCUT2D eigenvalue weighted by atomic mass is 9.94. The quantitative estimate of drug-likeness (QED) is 0.112. The Kier molecular flexibility index (Phi) is 15.7. The minimum Gasteiger partial charge on any atom is -0.308 e. The zero-order chi connectivity index (χ0) is 78.9. The van der Waals surface area contributed by atoms with Crippen LogP contribution in [0.3, 0.4) is 0 Å². The van der Waals surface area contributed by atoms with Gasteiger partial charge in [0.25, 0.3) is 0 Å². The van der Waals surface area contributed by atoms with Crippen LogP contribution in [-0.2, 0) is 0 Å². The van der Waals surface area contributed by atoms with Crippen LogP contribution in [0.15, 0.2) is 401 Å². The van der Waals surface area contributed by atoms with Crippen molar-refractivity contribution in [3.63, 3.8) is 0 Å². The number of rotatable bonds is 13. The van der Waals surface area contributed by atoms with Crippen LogP contribution in [0.25, 0.3) is 233 Å². The monoisotopic (exact) mass is 1530 g/mol. The first-order valence-electron chi connectivity index (χ1n) is 40.3. The molecule has 0 aliphatic rings. The van der Waals surface area contributed by atoms with Crippen LogP contribution in [0.4, 0.5) is 0 Å². The van der Waals surface area contributed by atoms with Crippen LogP contribution in [0.1, 0.15) is 0 Å². The smallest absolute Gasteiger partial charge is 0.160 e. The van der Waals surface area contributed by atoms with Gasteiger partial charge in [-0.05, 0) is 176 Å². The molecule has 0 aliphatic carbocycles. The highest BCUT2D eigenvalue weighted by Crippen LogP contribution is 2.44. The van der Waals surface area contributed by atoms with Crippen molar-refractivity contribution in [2.75, 3.05) is 0 Å². The van der Waals surface area contributed by atoms with Gasteiger partial charge >= 0.3 is 0 Å². The van der Waals surface area contributed by atoms with Gasteiger partial charge in [0.15, 0.2) is 11.6 Å². The first-order chi connectivity index (χ1) is 59.5. The number of aromatic nitrogens is 12. The van der Waals surface area contributed by atoms with E-state index >= 15 is 0 Å². The predicted octanol–water partition coefficient (Wildman–Crippen LogP) is 26.5. The Morgan fingerprint density at radius 2 is 0.550 bits per heavy atom. The van der Waals surface area contributed by atoms with Crippen molar-refractivity contribution in [2.24, 2.45) is 0 Å². The Labute approximate surface area is 687 Å². The Morgan fingerprint density at radius 1 is 0.183 bits per heavy atom. The van der Waals surface area contributed by atoms with Gasteiger partial charge < -0.3 is 9.13 Å². The molecule has 24 rings (SSSR count). The number of para-hydroxylation sites is 3. The molecule has 0 fully saturated rings. The minimum atomic E-state index is 0.624. The molecular weight excluding hydrogens is 1470 g/mol. The standard InChI is InChI=1S/C108H66N12/c1-3-20-72(21-4-1)105-113-95(70-41-37-68(38-42-70)84-30-15-24-67-19-7-8-26-83(67)84)63-97(115-105)77-56-79(117-99-34-12-9-27-87(99)90-49-53-109-65-103(90)117)61-80(57-77)118-102-48-46-75(60-94(102)91-50-54-110-66-104(91)118)74-45-47-86-76(55-74)25-16-31-85(86)69-39-43-71(44-40-69)96-64-98(116-106(114-96)73-22-5-2-6-23-73)78-58-81(119-100-35-13-10-28-88(100)92-32-17-51-111-107(92)119)62-82(59-78)120-101-36-14-11-29-89(101)93-33-18-52-112-108(93)120/h1-66H. The van der Waals surface area contributed by atoms with Gasteiger partial charge in [0, 0.05) is 113 Å². The molecule has 12 nitrogen and oxygen atoms in total.